The minimum absolute atomic E-state index is 0.188. The number of aromatic nitrogens is 2. The van der Waals surface area contributed by atoms with Crippen molar-refractivity contribution in [1.29, 1.82) is 0 Å². The largest absolute Gasteiger partial charge is 0.489 e. The Labute approximate surface area is 205 Å². The van der Waals surface area contributed by atoms with Crippen molar-refractivity contribution in [3.63, 3.8) is 0 Å². The summed E-state index contributed by atoms with van der Waals surface area (Å²) >= 11 is 6.43. The van der Waals surface area contributed by atoms with Crippen molar-refractivity contribution in [2.45, 2.75) is 6.61 Å². The number of halogens is 2. The van der Waals surface area contributed by atoms with Gasteiger partial charge in [-0.3, -0.25) is 4.79 Å². The highest BCUT2D eigenvalue weighted by Crippen LogP contribution is 2.38. The zero-order valence-corrected chi connectivity index (χ0v) is 19.3. The van der Waals surface area contributed by atoms with Crippen LogP contribution in [0.1, 0.15) is 5.56 Å². The number of nitrogens with zero attached hydrogens (tertiary/aromatic N) is 3. The number of ether oxygens (including phenoxy) is 2. The molecular weight excluding hydrogens is 471 g/mol. The second-order valence-corrected chi connectivity index (χ2v) is 8.20. The zero-order valence-electron chi connectivity index (χ0n) is 18.5. The highest BCUT2D eigenvalue weighted by Gasteiger charge is 2.24. The maximum absolute atomic E-state index is 13.4. The maximum atomic E-state index is 13.4. The number of hydrogen-bond acceptors (Lipinski definition) is 6. The molecule has 7 nitrogen and oxygen atoms in total. The van der Waals surface area contributed by atoms with Crippen LogP contribution < -0.4 is 19.7 Å². The molecule has 0 saturated carbocycles. The Hall–Kier alpha value is -4.17. The molecule has 1 amide bonds. The molecule has 0 unspecified atom stereocenters. The van der Waals surface area contributed by atoms with E-state index in [-0.39, 0.29) is 18.3 Å². The molecule has 5 rings (SSSR count). The lowest BCUT2D eigenvalue weighted by Gasteiger charge is -2.29. The van der Waals surface area contributed by atoms with Gasteiger partial charge in [-0.1, -0.05) is 30.3 Å². The lowest BCUT2D eigenvalue weighted by molar-refractivity contribution is -0.114. The fourth-order valence-corrected chi connectivity index (χ4v) is 4.06. The first-order valence-corrected chi connectivity index (χ1v) is 11.2. The number of carbonyl (C=O) groups is 1. The number of fused-ring (bicyclic) bond motifs is 2. The van der Waals surface area contributed by atoms with Crippen LogP contribution in [0.2, 0.25) is 5.02 Å². The second-order valence-electron chi connectivity index (χ2n) is 7.79. The molecule has 35 heavy (non-hydrogen) atoms. The summed E-state index contributed by atoms with van der Waals surface area (Å²) in [5.74, 6) is 1.06. The Kier molecular flexibility index (Phi) is 6.20. The lowest BCUT2D eigenvalue weighted by atomic mass is 10.1. The van der Waals surface area contributed by atoms with Gasteiger partial charge in [0.25, 0.3) is 5.91 Å². The van der Waals surface area contributed by atoms with E-state index in [4.69, 9.17) is 21.1 Å². The first-order valence-electron chi connectivity index (χ1n) is 10.8. The van der Waals surface area contributed by atoms with Gasteiger partial charge in [-0.25, -0.2) is 14.4 Å². The Balaban J connectivity index is 1.40. The molecule has 0 fully saturated rings. The summed E-state index contributed by atoms with van der Waals surface area (Å²) < 4.78 is 24.9. The van der Waals surface area contributed by atoms with E-state index in [1.165, 1.54) is 24.5 Å². The van der Waals surface area contributed by atoms with Gasteiger partial charge in [0, 0.05) is 17.1 Å². The Bertz CT molecular complexity index is 1450. The molecule has 1 aliphatic heterocycles. The lowest BCUT2D eigenvalue weighted by Crippen LogP contribution is -2.36. The topological polar surface area (TPSA) is 76.6 Å². The van der Waals surface area contributed by atoms with Crippen LogP contribution in [0.25, 0.3) is 10.9 Å². The van der Waals surface area contributed by atoms with Crippen molar-refractivity contribution in [1.82, 2.24) is 9.97 Å². The molecule has 4 aromatic rings. The van der Waals surface area contributed by atoms with Gasteiger partial charge < -0.3 is 19.7 Å². The van der Waals surface area contributed by atoms with Crippen LogP contribution in [-0.2, 0) is 11.4 Å². The summed E-state index contributed by atoms with van der Waals surface area (Å²) in [4.78, 5) is 22.7. The smallest absolute Gasteiger partial charge is 0.250 e. The first kappa shape index (κ1) is 22.6. The van der Waals surface area contributed by atoms with E-state index in [0.717, 1.165) is 0 Å². The third kappa shape index (κ3) is 4.74. The van der Waals surface area contributed by atoms with Gasteiger partial charge in [0.05, 0.1) is 22.8 Å². The molecule has 9 heteroatoms. The number of carbonyl (C=O) groups excluding carboxylic acids is 1. The molecule has 0 atom stereocenters. The van der Waals surface area contributed by atoms with Crippen LogP contribution >= 0.6 is 11.6 Å². The highest BCUT2D eigenvalue weighted by molar-refractivity contribution is 6.32. The molecule has 1 N–H and O–H groups in total. The Morgan fingerprint density at radius 1 is 1.23 bits per heavy atom. The fraction of sp³-hybridized carbons (Fsp3) is 0.115. The van der Waals surface area contributed by atoms with Crippen molar-refractivity contribution in [2.24, 2.45) is 0 Å². The predicted molar refractivity (Wildman–Crippen MR) is 133 cm³/mol. The van der Waals surface area contributed by atoms with Crippen molar-refractivity contribution in [2.75, 3.05) is 23.4 Å². The summed E-state index contributed by atoms with van der Waals surface area (Å²) in [5.41, 5.74) is 2.68. The van der Waals surface area contributed by atoms with E-state index < -0.39 is 0 Å². The van der Waals surface area contributed by atoms with Gasteiger partial charge in [-0.15, -0.1) is 0 Å². The van der Waals surface area contributed by atoms with Gasteiger partial charge in [-0.05, 0) is 48.0 Å². The maximum Gasteiger partial charge on any atom is 0.250 e. The van der Waals surface area contributed by atoms with Crippen LogP contribution in [0, 0.1) is 5.82 Å². The van der Waals surface area contributed by atoms with Crippen LogP contribution in [0.5, 0.6) is 11.5 Å². The van der Waals surface area contributed by atoms with Gasteiger partial charge >= 0.3 is 0 Å². The predicted octanol–water partition coefficient (Wildman–Crippen LogP) is 5.66. The molecule has 176 valence electrons. The number of anilines is 3. The Morgan fingerprint density at radius 3 is 2.91 bits per heavy atom. The van der Waals surface area contributed by atoms with E-state index in [1.54, 1.807) is 41.3 Å². The number of hydrogen-bond donors (Lipinski definition) is 1. The van der Waals surface area contributed by atoms with Gasteiger partial charge in [0.2, 0.25) is 0 Å². The molecular formula is C26H20ClFN4O3. The van der Waals surface area contributed by atoms with Crippen LogP contribution in [0.15, 0.2) is 73.6 Å². The number of amides is 1. The molecule has 1 aliphatic rings. The molecule has 1 aromatic heterocycles. The number of rotatable bonds is 6. The van der Waals surface area contributed by atoms with Gasteiger partial charge in [0.15, 0.2) is 0 Å². The molecule has 2 heterocycles. The SMILES string of the molecule is C=CC(=O)N1CCOc2cc3ncnc(Nc4ccc(OCc5cccc(F)c5)c(Cl)c4)c3cc21. The summed E-state index contributed by atoms with van der Waals surface area (Å²) in [6, 6.07) is 15.1. The third-order valence-corrected chi connectivity index (χ3v) is 5.79. The third-order valence-electron chi connectivity index (χ3n) is 5.50. The number of nitrogens with one attached hydrogen (secondary N) is 1. The normalized spacial score (nSPS) is 12.6. The van der Waals surface area contributed by atoms with Crippen LogP contribution in [0.4, 0.5) is 21.6 Å². The van der Waals surface area contributed by atoms with Crippen molar-refractivity contribution >= 4 is 45.6 Å². The monoisotopic (exact) mass is 490 g/mol. The summed E-state index contributed by atoms with van der Waals surface area (Å²) in [7, 11) is 0. The average Bonchev–Trinajstić information content (AvgIpc) is 2.86. The first-order chi connectivity index (χ1) is 17.0. The summed E-state index contributed by atoms with van der Waals surface area (Å²) in [6.45, 7) is 4.59. The molecule has 0 saturated heterocycles. The quantitative estimate of drug-likeness (QED) is 0.352. The Morgan fingerprint density at radius 2 is 2.11 bits per heavy atom. The van der Waals surface area contributed by atoms with Gasteiger partial charge in [-0.2, -0.15) is 0 Å². The van der Waals surface area contributed by atoms with E-state index in [2.05, 4.69) is 21.9 Å². The standard InChI is InChI=1S/C26H20ClFN4O3/c1-2-25(33)32-8-9-34-24-13-21-19(12-22(24)32)26(30-15-29-21)31-18-6-7-23(20(27)11-18)35-14-16-4-3-5-17(28)10-16/h2-7,10-13,15H,1,8-9,14H2,(H,29,30,31). The average molecular weight is 491 g/mol. The highest BCUT2D eigenvalue weighted by atomic mass is 35.5. The van der Waals surface area contributed by atoms with E-state index >= 15 is 0 Å². The van der Waals surface area contributed by atoms with Crippen molar-refractivity contribution in [3.8, 4) is 11.5 Å². The molecule has 0 aliphatic carbocycles. The van der Waals surface area contributed by atoms with E-state index in [0.29, 0.717) is 63.3 Å². The van der Waals surface area contributed by atoms with Crippen LogP contribution in [0.3, 0.4) is 0 Å². The fourth-order valence-electron chi connectivity index (χ4n) is 3.83. The number of benzene rings is 3. The summed E-state index contributed by atoms with van der Waals surface area (Å²) in [6.07, 6.45) is 2.73. The second kappa shape index (κ2) is 9.60. The molecule has 0 bridgehead atoms. The minimum atomic E-state index is -0.321. The van der Waals surface area contributed by atoms with E-state index in [9.17, 15) is 9.18 Å². The summed E-state index contributed by atoms with van der Waals surface area (Å²) in [5, 5.41) is 4.35. The van der Waals surface area contributed by atoms with Crippen LogP contribution in [-0.4, -0.2) is 29.0 Å². The van der Waals surface area contributed by atoms with Crippen molar-refractivity contribution < 1.29 is 18.7 Å². The van der Waals surface area contributed by atoms with Gasteiger partial charge in [0.1, 0.15) is 42.7 Å². The molecule has 3 aromatic carbocycles. The minimum Gasteiger partial charge on any atom is -0.489 e. The molecule has 0 radical (unpaired) electrons. The van der Waals surface area contributed by atoms with Crippen molar-refractivity contribution in [3.05, 3.63) is 90.0 Å². The molecule has 0 spiro atoms. The zero-order chi connectivity index (χ0) is 24.4. The van der Waals surface area contributed by atoms with E-state index in [1.807, 2.05) is 6.07 Å².